The van der Waals surface area contributed by atoms with Gasteiger partial charge in [-0.2, -0.15) is 5.26 Å². The van der Waals surface area contributed by atoms with E-state index in [1.54, 1.807) is 12.1 Å². The average Bonchev–Trinajstić information content (AvgIpc) is 2.87. The summed E-state index contributed by atoms with van der Waals surface area (Å²) >= 11 is 3.23. The summed E-state index contributed by atoms with van der Waals surface area (Å²) in [5.41, 5.74) is 4.53. The molecule has 0 aliphatic rings. The number of nitriles is 1. The van der Waals surface area contributed by atoms with Crippen LogP contribution in [-0.4, -0.2) is 36.1 Å². The summed E-state index contributed by atoms with van der Waals surface area (Å²) in [6.45, 7) is 3.77. The molecule has 0 bridgehead atoms. The minimum absolute atomic E-state index is 0.0109. The van der Waals surface area contributed by atoms with Gasteiger partial charge in [-0.3, -0.25) is 4.79 Å². The van der Waals surface area contributed by atoms with Crippen LogP contribution in [0, 0.1) is 25.2 Å². The number of hydrogen-bond acceptors (Lipinski definition) is 4. The summed E-state index contributed by atoms with van der Waals surface area (Å²) in [5.74, 6) is 0.0647. The number of Topliss-reactive ketones (excluding diaryl/α,β-unsaturated/α-hetero) is 1. The van der Waals surface area contributed by atoms with E-state index in [4.69, 9.17) is 5.26 Å². The van der Waals surface area contributed by atoms with E-state index < -0.39 is 9.84 Å². The molecule has 5 nitrogen and oxygen atoms in total. The monoisotopic (exact) mass is 448 g/mol. The Morgan fingerprint density at radius 1 is 1.26 bits per heavy atom. The van der Waals surface area contributed by atoms with Crippen molar-refractivity contribution in [2.75, 3.05) is 17.3 Å². The topological polar surface area (TPSA) is 79.9 Å². The van der Waals surface area contributed by atoms with E-state index in [0.717, 1.165) is 22.6 Å². The minimum atomic E-state index is -3.03. The summed E-state index contributed by atoms with van der Waals surface area (Å²) in [6.07, 6.45) is 5.28. The quantitative estimate of drug-likeness (QED) is 0.473. The zero-order valence-corrected chi connectivity index (χ0v) is 17.9. The Morgan fingerprint density at radius 3 is 2.41 bits per heavy atom. The molecule has 142 valence electrons. The van der Waals surface area contributed by atoms with Crippen LogP contribution >= 0.6 is 15.9 Å². The zero-order valence-electron chi connectivity index (χ0n) is 15.5. The van der Waals surface area contributed by atoms with Gasteiger partial charge in [-0.25, -0.2) is 8.42 Å². The minimum Gasteiger partial charge on any atom is -0.313 e. The number of nitrogens with zero attached hydrogens (tertiary/aromatic N) is 2. The Kier molecular flexibility index (Phi) is 6.79. The van der Waals surface area contributed by atoms with Gasteiger partial charge in [0.15, 0.2) is 5.78 Å². The highest BCUT2D eigenvalue weighted by Crippen LogP contribution is 2.28. The highest BCUT2D eigenvalue weighted by Gasteiger charge is 2.21. The van der Waals surface area contributed by atoms with Gasteiger partial charge in [-0.05, 0) is 56.2 Å². The number of aromatic nitrogens is 1. The Hall–Kier alpha value is -2.17. The molecule has 2 aromatic rings. The molecule has 0 saturated heterocycles. The molecule has 0 unspecified atom stereocenters. The van der Waals surface area contributed by atoms with Crippen molar-refractivity contribution in [2.45, 2.75) is 20.3 Å². The van der Waals surface area contributed by atoms with Crippen molar-refractivity contribution < 1.29 is 13.2 Å². The summed E-state index contributed by atoms with van der Waals surface area (Å²) in [6, 6.07) is 9.22. The van der Waals surface area contributed by atoms with Crippen LogP contribution in [0.15, 0.2) is 30.3 Å². The molecule has 1 heterocycles. The van der Waals surface area contributed by atoms with Crippen LogP contribution in [0.25, 0.3) is 11.8 Å². The Labute approximate surface area is 168 Å². The Balaban J connectivity index is 2.57. The predicted molar refractivity (Wildman–Crippen MR) is 111 cm³/mol. The smallest absolute Gasteiger partial charge is 0.175 e. The maximum absolute atomic E-state index is 12.4. The van der Waals surface area contributed by atoms with Crippen LogP contribution in [0.4, 0.5) is 0 Å². The molecule has 1 aromatic heterocycles. The summed E-state index contributed by atoms with van der Waals surface area (Å²) in [5, 5.41) is 9.23. The number of rotatable bonds is 7. The number of carbonyl (C=O) groups is 1. The number of ketones is 1. The molecule has 0 radical (unpaired) electrons. The SMILES string of the molecule is Cc1c(C(=O)CBr)c(C)n(-c2ccc(C#N)cc2)c1C=CCCS(C)(=O)=O. The van der Waals surface area contributed by atoms with Crippen molar-refractivity contribution in [3.8, 4) is 11.8 Å². The van der Waals surface area contributed by atoms with Crippen LogP contribution in [0.2, 0.25) is 0 Å². The van der Waals surface area contributed by atoms with E-state index in [1.165, 1.54) is 6.26 Å². The maximum Gasteiger partial charge on any atom is 0.175 e. The molecular formula is C20H21BrN2O3S. The standard InChI is InChI=1S/C20H21BrN2O3S/c1-14-18(6-4-5-11-27(3,25)26)23(15(2)20(14)19(24)12-21)17-9-7-16(13-22)8-10-17/h4,6-10H,5,11-12H2,1-3H3. The number of benzene rings is 1. The van der Waals surface area contributed by atoms with Gasteiger partial charge in [0.25, 0.3) is 0 Å². The van der Waals surface area contributed by atoms with E-state index >= 15 is 0 Å². The summed E-state index contributed by atoms with van der Waals surface area (Å²) < 4.78 is 24.6. The molecule has 0 aliphatic carbocycles. The number of hydrogen-bond donors (Lipinski definition) is 0. The largest absolute Gasteiger partial charge is 0.313 e. The van der Waals surface area contributed by atoms with Gasteiger partial charge < -0.3 is 4.57 Å². The second kappa shape index (κ2) is 8.68. The highest BCUT2D eigenvalue weighted by atomic mass is 79.9. The van der Waals surface area contributed by atoms with Crippen LogP contribution in [-0.2, 0) is 9.84 Å². The van der Waals surface area contributed by atoms with Crippen LogP contribution in [0.1, 0.15) is 39.3 Å². The normalized spacial score (nSPS) is 11.7. The molecule has 0 N–H and O–H groups in total. The molecule has 2 rings (SSSR count). The summed E-state index contributed by atoms with van der Waals surface area (Å²) in [7, 11) is -3.03. The molecule has 0 atom stereocenters. The third-order valence-electron chi connectivity index (χ3n) is 4.28. The third kappa shape index (κ3) is 4.96. The second-order valence-corrected chi connectivity index (χ2v) is 9.16. The lowest BCUT2D eigenvalue weighted by Crippen LogP contribution is -2.04. The van der Waals surface area contributed by atoms with E-state index in [0.29, 0.717) is 17.5 Å². The highest BCUT2D eigenvalue weighted by molar-refractivity contribution is 9.09. The summed E-state index contributed by atoms with van der Waals surface area (Å²) in [4.78, 5) is 12.4. The molecule has 1 aromatic carbocycles. The molecule has 0 fully saturated rings. The first kappa shape index (κ1) is 21.1. The van der Waals surface area contributed by atoms with Gasteiger partial charge >= 0.3 is 0 Å². The van der Waals surface area contributed by atoms with Crippen LogP contribution < -0.4 is 0 Å². The van der Waals surface area contributed by atoms with Crippen LogP contribution in [0.5, 0.6) is 0 Å². The van der Waals surface area contributed by atoms with Crippen molar-refractivity contribution in [2.24, 2.45) is 0 Å². The lowest BCUT2D eigenvalue weighted by molar-refractivity contribution is 0.102. The van der Waals surface area contributed by atoms with E-state index in [2.05, 4.69) is 22.0 Å². The molecule has 27 heavy (non-hydrogen) atoms. The number of halogens is 1. The first-order valence-electron chi connectivity index (χ1n) is 8.35. The fourth-order valence-electron chi connectivity index (χ4n) is 3.03. The maximum atomic E-state index is 12.4. The molecule has 7 heteroatoms. The fourth-order valence-corrected chi connectivity index (χ4v) is 3.88. The molecule has 0 saturated carbocycles. The van der Waals surface area contributed by atoms with Gasteiger partial charge in [-0.1, -0.05) is 22.0 Å². The van der Waals surface area contributed by atoms with Gasteiger partial charge in [0, 0.05) is 28.9 Å². The first-order chi connectivity index (χ1) is 12.7. The zero-order chi connectivity index (χ0) is 20.2. The number of allylic oxidation sites excluding steroid dienone is 1. The molecule has 0 spiro atoms. The van der Waals surface area contributed by atoms with Crippen molar-refractivity contribution in [1.82, 2.24) is 4.57 Å². The van der Waals surface area contributed by atoms with Gasteiger partial charge in [0.2, 0.25) is 0 Å². The van der Waals surface area contributed by atoms with E-state index in [-0.39, 0.29) is 16.9 Å². The predicted octanol–water partition coefficient (Wildman–Crippen LogP) is 3.99. The van der Waals surface area contributed by atoms with Gasteiger partial charge in [0.1, 0.15) is 9.84 Å². The lowest BCUT2D eigenvalue weighted by atomic mass is 10.1. The van der Waals surface area contributed by atoms with Gasteiger partial charge in [-0.15, -0.1) is 0 Å². The van der Waals surface area contributed by atoms with Crippen molar-refractivity contribution in [3.05, 3.63) is 58.4 Å². The first-order valence-corrected chi connectivity index (χ1v) is 11.5. The average molecular weight is 449 g/mol. The van der Waals surface area contributed by atoms with Crippen LogP contribution in [0.3, 0.4) is 0 Å². The third-order valence-corrected chi connectivity index (χ3v) is 5.77. The second-order valence-electron chi connectivity index (χ2n) is 6.34. The van der Waals surface area contributed by atoms with Crippen molar-refractivity contribution >= 4 is 37.6 Å². The number of carbonyl (C=O) groups excluding carboxylic acids is 1. The molecule has 0 aliphatic heterocycles. The van der Waals surface area contributed by atoms with E-state index in [1.807, 2.05) is 42.7 Å². The van der Waals surface area contributed by atoms with Crippen molar-refractivity contribution in [3.63, 3.8) is 0 Å². The molecular weight excluding hydrogens is 428 g/mol. The Bertz CT molecular complexity index is 1030. The van der Waals surface area contributed by atoms with Crippen molar-refractivity contribution in [1.29, 1.82) is 5.26 Å². The number of sulfone groups is 1. The lowest BCUT2D eigenvalue weighted by Gasteiger charge is -2.10. The number of alkyl halides is 1. The molecule has 0 amide bonds. The Morgan fingerprint density at radius 2 is 1.89 bits per heavy atom. The fraction of sp³-hybridized carbons (Fsp3) is 0.300. The van der Waals surface area contributed by atoms with E-state index in [9.17, 15) is 13.2 Å². The van der Waals surface area contributed by atoms with Gasteiger partial charge in [0.05, 0.1) is 22.7 Å².